The molecule has 1 aromatic carbocycles. The lowest BCUT2D eigenvalue weighted by atomic mass is 10.1. The van der Waals surface area contributed by atoms with Gasteiger partial charge in [-0.25, -0.2) is 0 Å². The topological polar surface area (TPSA) is 55.1 Å². The molecule has 5 heteroatoms. The fraction of sp³-hybridized carbons (Fsp3) is 0.364. The molecule has 0 heterocycles. The molecule has 0 aliphatic rings. The molecule has 0 saturated heterocycles. The average Bonchev–Trinajstić information content (AvgIpc) is 2.23. The summed E-state index contributed by atoms with van der Waals surface area (Å²) in [7, 11) is 0. The summed E-state index contributed by atoms with van der Waals surface area (Å²) in [6.45, 7) is 2.00. The lowest BCUT2D eigenvalue weighted by Crippen LogP contribution is -2.35. The van der Waals surface area contributed by atoms with Gasteiger partial charge >= 0.3 is 0 Å². The normalized spacial score (nSPS) is 12.2. The van der Waals surface area contributed by atoms with Crippen molar-refractivity contribution < 1.29 is 4.79 Å². The van der Waals surface area contributed by atoms with Crippen LogP contribution in [0.15, 0.2) is 27.1 Å². The molecule has 3 N–H and O–H groups in total. The van der Waals surface area contributed by atoms with E-state index in [0.29, 0.717) is 6.42 Å². The van der Waals surface area contributed by atoms with Crippen molar-refractivity contribution in [2.45, 2.75) is 25.8 Å². The number of hydrogen-bond donors (Lipinski definition) is 2. The van der Waals surface area contributed by atoms with Crippen molar-refractivity contribution in [1.29, 1.82) is 0 Å². The van der Waals surface area contributed by atoms with Gasteiger partial charge in [0.15, 0.2) is 0 Å². The predicted octanol–water partition coefficient (Wildman–Crippen LogP) is 3.28. The Hall–Kier alpha value is -0.390. The van der Waals surface area contributed by atoms with Crippen LogP contribution in [0, 0.1) is 0 Å². The Morgan fingerprint density at radius 2 is 2.00 bits per heavy atom. The standard InChI is InChI=1S/C11H14Br2N2O/c1-2-4-9(14)11(16)15-10-7(12)5-3-6-8(10)13/h3,5-6,9H,2,4,14H2,1H3,(H,15,16). The zero-order chi connectivity index (χ0) is 12.1. The van der Waals surface area contributed by atoms with Gasteiger partial charge in [-0.15, -0.1) is 0 Å². The molecule has 1 amide bonds. The van der Waals surface area contributed by atoms with Crippen molar-refractivity contribution in [3.05, 3.63) is 27.1 Å². The van der Waals surface area contributed by atoms with Gasteiger partial charge in [0, 0.05) is 8.95 Å². The number of hydrogen-bond acceptors (Lipinski definition) is 2. The first-order valence-electron chi connectivity index (χ1n) is 5.06. The molecule has 1 atom stereocenters. The number of nitrogens with two attached hydrogens (primary N) is 1. The summed E-state index contributed by atoms with van der Waals surface area (Å²) in [6, 6.07) is 5.16. The van der Waals surface area contributed by atoms with Crippen LogP contribution in [0.25, 0.3) is 0 Å². The molecule has 16 heavy (non-hydrogen) atoms. The number of carbonyl (C=O) groups is 1. The van der Waals surface area contributed by atoms with Crippen LogP contribution in [-0.4, -0.2) is 11.9 Å². The summed E-state index contributed by atoms with van der Waals surface area (Å²) < 4.78 is 1.66. The van der Waals surface area contributed by atoms with E-state index in [0.717, 1.165) is 21.1 Å². The fourth-order valence-corrected chi connectivity index (χ4v) is 2.47. The summed E-state index contributed by atoms with van der Waals surface area (Å²) in [5.74, 6) is -0.158. The number of amides is 1. The first-order chi connectivity index (χ1) is 7.56. The molecule has 0 spiro atoms. The molecule has 1 aromatic rings. The minimum Gasteiger partial charge on any atom is -0.323 e. The molecule has 0 aromatic heterocycles. The number of nitrogens with one attached hydrogen (secondary N) is 1. The van der Waals surface area contributed by atoms with Gasteiger partial charge in [-0.3, -0.25) is 4.79 Å². The van der Waals surface area contributed by atoms with Crippen molar-refractivity contribution in [1.82, 2.24) is 0 Å². The van der Waals surface area contributed by atoms with E-state index < -0.39 is 6.04 Å². The van der Waals surface area contributed by atoms with Crippen LogP contribution in [0.2, 0.25) is 0 Å². The Bertz CT molecular complexity index is 362. The van der Waals surface area contributed by atoms with Crippen LogP contribution in [0.1, 0.15) is 19.8 Å². The Morgan fingerprint density at radius 1 is 1.44 bits per heavy atom. The van der Waals surface area contributed by atoms with E-state index in [2.05, 4.69) is 37.2 Å². The van der Waals surface area contributed by atoms with Crippen LogP contribution in [0.3, 0.4) is 0 Å². The molecule has 1 rings (SSSR count). The third kappa shape index (κ3) is 3.57. The van der Waals surface area contributed by atoms with Crippen LogP contribution >= 0.6 is 31.9 Å². The highest BCUT2D eigenvalue weighted by Gasteiger charge is 2.14. The Balaban J connectivity index is 2.77. The zero-order valence-corrected chi connectivity index (χ0v) is 12.1. The number of carbonyl (C=O) groups excluding carboxylic acids is 1. The van der Waals surface area contributed by atoms with E-state index in [9.17, 15) is 4.79 Å². The smallest absolute Gasteiger partial charge is 0.241 e. The first kappa shape index (κ1) is 13.7. The lowest BCUT2D eigenvalue weighted by molar-refractivity contribution is -0.117. The molecule has 88 valence electrons. The van der Waals surface area contributed by atoms with Gasteiger partial charge in [0.1, 0.15) is 0 Å². The van der Waals surface area contributed by atoms with Crippen molar-refractivity contribution in [3.8, 4) is 0 Å². The SMILES string of the molecule is CCCC(N)C(=O)Nc1c(Br)cccc1Br. The minimum atomic E-state index is -0.455. The van der Waals surface area contributed by atoms with Crippen LogP contribution in [0.4, 0.5) is 5.69 Å². The lowest BCUT2D eigenvalue weighted by Gasteiger charge is -2.13. The molecule has 0 aliphatic heterocycles. The van der Waals surface area contributed by atoms with E-state index >= 15 is 0 Å². The van der Waals surface area contributed by atoms with Gasteiger partial charge < -0.3 is 11.1 Å². The highest BCUT2D eigenvalue weighted by molar-refractivity contribution is 9.11. The van der Waals surface area contributed by atoms with Crippen LogP contribution in [-0.2, 0) is 4.79 Å². The van der Waals surface area contributed by atoms with Gasteiger partial charge in [-0.05, 0) is 50.4 Å². The Labute approximate surface area is 112 Å². The largest absolute Gasteiger partial charge is 0.323 e. The van der Waals surface area contributed by atoms with Crippen molar-refractivity contribution in [2.75, 3.05) is 5.32 Å². The highest BCUT2D eigenvalue weighted by atomic mass is 79.9. The van der Waals surface area contributed by atoms with Crippen molar-refractivity contribution >= 4 is 43.5 Å². The molecule has 0 radical (unpaired) electrons. The average molecular weight is 350 g/mol. The number of halogens is 2. The summed E-state index contributed by atoms with van der Waals surface area (Å²) >= 11 is 6.76. The van der Waals surface area contributed by atoms with E-state index in [4.69, 9.17) is 5.73 Å². The van der Waals surface area contributed by atoms with Gasteiger partial charge in [-0.1, -0.05) is 19.4 Å². The molecular weight excluding hydrogens is 336 g/mol. The van der Waals surface area contributed by atoms with Crippen molar-refractivity contribution in [3.63, 3.8) is 0 Å². The van der Waals surface area contributed by atoms with Crippen LogP contribution < -0.4 is 11.1 Å². The van der Waals surface area contributed by atoms with Gasteiger partial charge in [0.25, 0.3) is 0 Å². The molecule has 0 saturated carbocycles. The third-order valence-electron chi connectivity index (χ3n) is 2.15. The number of benzene rings is 1. The predicted molar refractivity (Wildman–Crippen MR) is 73.4 cm³/mol. The van der Waals surface area contributed by atoms with E-state index in [-0.39, 0.29) is 5.91 Å². The van der Waals surface area contributed by atoms with E-state index in [1.165, 1.54) is 0 Å². The third-order valence-corrected chi connectivity index (χ3v) is 3.47. The molecule has 0 fully saturated rings. The maximum absolute atomic E-state index is 11.7. The van der Waals surface area contributed by atoms with Crippen molar-refractivity contribution in [2.24, 2.45) is 5.73 Å². The quantitative estimate of drug-likeness (QED) is 0.876. The van der Waals surface area contributed by atoms with Gasteiger partial charge in [0.2, 0.25) is 5.91 Å². The molecular formula is C11H14Br2N2O. The maximum Gasteiger partial charge on any atom is 0.241 e. The van der Waals surface area contributed by atoms with Gasteiger partial charge in [-0.2, -0.15) is 0 Å². The van der Waals surface area contributed by atoms with E-state index in [1.807, 2.05) is 25.1 Å². The highest BCUT2D eigenvalue weighted by Crippen LogP contribution is 2.30. The molecule has 0 aliphatic carbocycles. The minimum absolute atomic E-state index is 0.158. The first-order valence-corrected chi connectivity index (χ1v) is 6.65. The van der Waals surface area contributed by atoms with E-state index in [1.54, 1.807) is 0 Å². The maximum atomic E-state index is 11.7. The summed E-state index contributed by atoms with van der Waals surface area (Å²) in [5, 5.41) is 2.81. The number of para-hydroxylation sites is 1. The van der Waals surface area contributed by atoms with Gasteiger partial charge in [0.05, 0.1) is 11.7 Å². The second kappa shape index (κ2) is 6.37. The van der Waals surface area contributed by atoms with Crippen LogP contribution in [0.5, 0.6) is 0 Å². The molecule has 1 unspecified atom stereocenters. The fourth-order valence-electron chi connectivity index (χ4n) is 1.28. The summed E-state index contributed by atoms with van der Waals surface area (Å²) in [4.78, 5) is 11.7. The molecule has 0 bridgehead atoms. The molecule has 3 nitrogen and oxygen atoms in total. The Morgan fingerprint density at radius 3 is 2.50 bits per heavy atom. The zero-order valence-electron chi connectivity index (χ0n) is 8.97. The summed E-state index contributed by atoms with van der Waals surface area (Å²) in [5.41, 5.74) is 6.45. The summed E-state index contributed by atoms with van der Waals surface area (Å²) in [6.07, 6.45) is 1.58. The number of rotatable bonds is 4. The second-order valence-electron chi connectivity index (χ2n) is 3.48. The monoisotopic (exact) mass is 348 g/mol. The number of anilines is 1. The second-order valence-corrected chi connectivity index (χ2v) is 5.19. The Kier molecular flexibility index (Phi) is 5.44.